The van der Waals surface area contributed by atoms with Gasteiger partial charge in [0.25, 0.3) is 5.91 Å². The van der Waals surface area contributed by atoms with Crippen molar-refractivity contribution < 1.29 is 9.53 Å². The molecule has 0 bridgehead atoms. The molecule has 0 radical (unpaired) electrons. The van der Waals surface area contributed by atoms with Gasteiger partial charge in [0, 0.05) is 0 Å². The summed E-state index contributed by atoms with van der Waals surface area (Å²) in [6.45, 7) is 10.1. The highest BCUT2D eigenvalue weighted by molar-refractivity contribution is 5.81. The van der Waals surface area contributed by atoms with E-state index >= 15 is 0 Å². The van der Waals surface area contributed by atoms with Crippen LogP contribution in [0.5, 0.6) is 5.75 Å². The zero-order chi connectivity index (χ0) is 17.7. The van der Waals surface area contributed by atoms with Gasteiger partial charge in [-0.05, 0) is 62.4 Å². The third-order valence-corrected chi connectivity index (χ3v) is 4.42. The molecule has 0 saturated heterocycles. The van der Waals surface area contributed by atoms with Crippen molar-refractivity contribution in [1.82, 2.24) is 5.32 Å². The maximum Gasteiger partial charge on any atom is 0.261 e. The molecule has 24 heavy (non-hydrogen) atoms. The van der Waals surface area contributed by atoms with Crippen molar-refractivity contribution in [3.05, 3.63) is 64.7 Å². The fourth-order valence-corrected chi connectivity index (χ4v) is 2.59. The third-order valence-electron chi connectivity index (χ3n) is 4.42. The van der Waals surface area contributed by atoms with Crippen molar-refractivity contribution in [3.8, 4) is 5.75 Å². The highest BCUT2D eigenvalue weighted by Gasteiger charge is 2.21. The molecule has 0 fully saturated rings. The Labute approximate surface area is 145 Å². The van der Waals surface area contributed by atoms with E-state index in [0.717, 1.165) is 16.9 Å². The first-order valence-corrected chi connectivity index (χ1v) is 8.52. The number of ether oxygens (including phenoxy) is 1. The zero-order valence-corrected chi connectivity index (χ0v) is 15.2. The molecule has 2 rings (SSSR count). The fourth-order valence-electron chi connectivity index (χ4n) is 2.59. The van der Waals surface area contributed by atoms with Crippen LogP contribution in [0, 0.1) is 20.8 Å². The van der Waals surface area contributed by atoms with Gasteiger partial charge in [0.2, 0.25) is 0 Å². The summed E-state index contributed by atoms with van der Waals surface area (Å²) in [4.78, 5) is 12.6. The maximum atomic E-state index is 12.6. The molecule has 2 aromatic carbocycles. The lowest BCUT2D eigenvalue weighted by molar-refractivity contribution is -0.128. The average Bonchev–Trinajstić information content (AvgIpc) is 2.56. The minimum atomic E-state index is -0.486. The van der Waals surface area contributed by atoms with Gasteiger partial charge in [-0.2, -0.15) is 0 Å². The highest BCUT2D eigenvalue weighted by Crippen LogP contribution is 2.20. The third kappa shape index (κ3) is 4.38. The standard InChI is InChI=1S/C21H27NO2/c1-6-19(24-20-10-8-7-9-15(20)3)21(23)22-17(5)18-12-11-14(2)16(4)13-18/h7-13,17,19H,6H2,1-5H3,(H,22,23)/t17-,19-/m1/s1. The lowest BCUT2D eigenvalue weighted by atomic mass is 10.0. The molecule has 2 atom stereocenters. The van der Waals surface area contributed by atoms with Gasteiger partial charge in [0.15, 0.2) is 6.10 Å². The number of carbonyl (C=O) groups is 1. The number of para-hydroxylation sites is 1. The van der Waals surface area contributed by atoms with Crippen LogP contribution in [0.3, 0.4) is 0 Å². The first-order valence-electron chi connectivity index (χ1n) is 8.52. The summed E-state index contributed by atoms with van der Waals surface area (Å²) in [5.74, 6) is 0.685. The lowest BCUT2D eigenvalue weighted by Crippen LogP contribution is -2.39. The van der Waals surface area contributed by atoms with Crippen molar-refractivity contribution >= 4 is 5.91 Å². The van der Waals surface area contributed by atoms with E-state index in [2.05, 4.69) is 37.4 Å². The predicted molar refractivity (Wildman–Crippen MR) is 98.4 cm³/mol. The predicted octanol–water partition coefficient (Wildman–Crippen LogP) is 4.65. The SMILES string of the molecule is CC[C@@H](Oc1ccccc1C)C(=O)N[C@H](C)c1ccc(C)c(C)c1. The molecule has 0 aromatic heterocycles. The first kappa shape index (κ1) is 18.1. The Hall–Kier alpha value is -2.29. The van der Waals surface area contributed by atoms with Gasteiger partial charge in [0.05, 0.1) is 6.04 Å². The summed E-state index contributed by atoms with van der Waals surface area (Å²) < 4.78 is 5.92. The summed E-state index contributed by atoms with van der Waals surface area (Å²) in [6, 6.07) is 14.0. The van der Waals surface area contributed by atoms with Gasteiger partial charge < -0.3 is 10.1 Å². The van der Waals surface area contributed by atoms with E-state index in [1.165, 1.54) is 11.1 Å². The molecule has 1 amide bonds. The highest BCUT2D eigenvalue weighted by atomic mass is 16.5. The summed E-state index contributed by atoms with van der Waals surface area (Å²) in [5.41, 5.74) is 4.63. The van der Waals surface area contributed by atoms with Crippen molar-refractivity contribution in [2.45, 2.75) is 53.2 Å². The van der Waals surface area contributed by atoms with Gasteiger partial charge in [-0.15, -0.1) is 0 Å². The minimum absolute atomic E-state index is 0.0497. The minimum Gasteiger partial charge on any atom is -0.480 e. The Bertz CT molecular complexity index is 709. The Kier molecular flexibility index (Phi) is 6.02. The van der Waals surface area contributed by atoms with Crippen molar-refractivity contribution in [2.24, 2.45) is 0 Å². The fraction of sp³-hybridized carbons (Fsp3) is 0.381. The van der Waals surface area contributed by atoms with E-state index in [1.807, 2.05) is 45.0 Å². The van der Waals surface area contributed by atoms with Gasteiger partial charge in [-0.3, -0.25) is 4.79 Å². The molecule has 0 aliphatic carbocycles. The maximum absolute atomic E-state index is 12.6. The number of amides is 1. The monoisotopic (exact) mass is 325 g/mol. The van der Waals surface area contributed by atoms with Gasteiger partial charge >= 0.3 is 0 Å². The van der Waals surface area contributed by atoms with E-state index in [9.17, 15) is 4.79 Å². The van der Waals surface area contributed by atoms with Crippen LogP contribution in [0.15, 0.2) is 42.5 Å². The molecule has 128 valence electrons. The van der Waals surface area contributed by atoms with E-state index in [4.69, 9.17) is 4.74 Å². The smallest absolute Gasteiger partial charge is 0.261 e. The van der Waals surface area contributed by atoms with E-state index in [1.54, 1.807) is 0 Å². The molecule has 0 unspecified atom stereocenters. The van der Waals surface area contributed by atoms with Crippen LogP contribution >= 0.6 is 0 Å². The summed E-state index contributed by atoms with van der Waals surface area (Å²) in [5, 5.41) is 3.07. The second kappa shape index (κ2) is 8.00. The van der Waals surface area contributed by atoms with Crippen molar-refractivity contribution in [1.29, 1.82) is 0 Å². The number of aryl methyl sites for hydroxylation is 3. The molecule has 0 aliphatic heterocycles. The summed E-state index contributed by atoms with van der Waals surface area (Å²) >= 11 is 0. The normalized spacial score (nSPS) is 13.2. The van der Waals surface area contributed by atoms with Gasteiger partial charge in [-0.1, -0.05) is 43.3 Å². The topological polar surface area (TPSA) is 38.3 Å². The molecular weight excluding hydrogens is 298 g/mol. The van der Waals surface area contributed by atoms with Gasteiger partial charge in [-0.25, -0.2) is 0 Å². The van der Waals surface area contributed by atoms with Crippen LogP contribution in [0.25, 0.3) is 0 Å². The number of carbonyl (C=O) groups excluding carboxylic acids is 1. The van der Waals surface area contributed by atoms with Crippen LogP contribution in [0.1, 0.15) is 48.6 Å². The number of rotatable bonds is 6. The molecule has 2 aromatic rings. The van der Waals surface area contributed by atoms with Crippen LogP contribution < -0.4 is 10.1 Å². The molecule has 3 nitrogen and oxygen atoms in total. The van der Waals surface area contributed by atoms with Crippen LogP contribution in [-0.2, 0) is 4.79 Å². The van der Waals surface area contributed by atoms with Crippen LogP contribution in [0.2, 0.25) is 0 Å². The molecule has 0 spiro atoms. The largest absolute Gasteiger partial charge is 0.480 e. The Balaban J connectivity index is 2.05. The Morgan fingerprint density at radius 3 is 2.38 bits per heavy atom. The summed E-state index contributed by atoms with van der Waals surface area (Å²) in [6.07, 6.45) is 0.139. The molecule has 1 N–H and O–H groups in total. The second-order valence-electron chi connectivity index (χ2n) is 6.35. The molecular formula is C21H27NO2. The van der Waals surface area contributed by atoms with E-state index in [-0.39, 0.29) is 11.9 Å². The van der Waals surface area contributed by atoms with Crippen molar-refractivity contribution in [2.75, 3.05) is 0 Å². The number of hydrogen-bond acceptors (Lipinski definition) is 2. The van der Waals surface area contributed by atoms with Crippen LogP contribution in [0.4, 0.5) is 0 Å². The second-order valence-corrected chi connectivity index (χ2v) is 6.35. The average molecular weight is 325 g/mol. The van der Waals surface area contributed by atoms with Crippen LogP contribution in [-0.4, -0.2) is 12.0 Å². The molecule has 3 heteroatoms. The van der Waals surface area contributed by atoms with Gasteiger partial charge in [0.1, 0.15) is 5.75 Å². The zero-order valence-electron chi connectivity index (χ0n) is 15.2. The molecule has 0 heterocycles. The number of hydrogen-bond donors (Lipinski definition) is 1. The lowest BCUT2D eigenvalue weighted by Gasteiger charge is -2.22. The Morgan fingerprint density at radius 2 is 1.75 bits per heavy atom. The van der Waals surface area contributed by atoms with E-state index < -0.39 is 6.10 Å². The Morgan fingerprint density at radius 1 is 1.04 bits per heavy atom. The van der Waals surface area contributed by atoms with Crippen molar-refractivity contribution in [3.63, 3.8) is 0 Å². The number of nitrogens with one attached hydrogen (secondary N) is 1. The molecule has 0 aliphatic rings. The first-order chi connectivity index (χ1) is 11.4. The summed E-state index contributed by atoms with van der Waals surface area (Å²) in [7, 11) is 0. The number of benzene rings is 2. The quantitative estimate of drug-likeness (QED) is 0.840. The van der Waals surface area contributed by atoms with E-state index in [0.29, 0.717) is 6.42 Å². The molecule has 0 saturated carbocycles.